The van der Waals surface area contributed by atoms with Crippen molar-refractivity contribution >= 4 is 11.6 Å². The Bertz CT molecular complexity index is 401. The lowest BCUT2D eigenvalue weighted by Crippen LogP contribution is -2.34. The highest BCUT2D eigenvalue weighted by Gasteiger charge is 2.19. The second-order valence-electron chi connectivity index (χ2n) is 4.71. The van der Waals surface area contributed by atoms with Crippen LogP contribution in [-0.2, 0) is 4.74 Å². The number of nitrogens with two attached hydrogens (primary N) is 1. The van der Waals surface area contributed by atoms with E-state index < -0.39 is 0 Å². The maximum Gasteiger partial charge on any atom is 0.274 e. The van der Waals surface area contributed by atoms with Gasteiger partial charge in [-0.1, -0.05) is 13.8 Å². The lowest BCUT2D eigenvalue weighted by atomic mass is 10.1. The van der Waals surface area contributed by atoms with E-state index in [1.807, 2.05) is 20.8 Å². The van der Waals surface area contributed by atoms with Crippen LogP contribution in [-0.4, -0.2) is 35.9 Å². The van der Waals surface area contributed by atoms with Gasteiger partial charge >= 0.3 is 0 Å². The first-order valence-electron chi connectivity index (χ1n) is 6.10. The fourth-order valence-corrected chi connectivity index (χ4v) is 1.64. The van der Waals surface area contributed by atoms with E-state index in [-0.39, 0.29) is 23.6 Å². The molecule has 1 unspecified atom stereocenters. The van der Waals surface area contributed by atoms with E-state index in [0.29, 0.717) is 12.3 Å². The smallest absolute Gasteiger partial charge is 0.274 e. The first-order chi connectivity index (χ1) is 8.47. The summed E-state index contributed by atoms with van der Waals surface area (Å²) in [5.74, 6) is -0.0378. The Balaban J connectivity index is 2.67. The number of carbonyl (C=O) groups is 1. The summed E-state index contributed by atoms with van der Waals surface area (Å²) >= 11 is 0. The van der Waals surface area contributed by atoms with Crippen molar-refractivity contribution in [2.75, 3.05) is 19.5 Å². The minimum atomic E-state index is -0.251. The van der Waals surface area contributed by atoms with Crippen molar-refractivity contribution in [2.24, 2.45) is 0 Å². The SMILES string of the molecule is COCCC(C)NC(=O)c1n[nH]c(C(C)C)c1N. The third kappa shape index (κ3) is 3.46. The molecule has 1 aromatic heterocycles. The van der Waals surface area contributed by atoms with Crippen molar-refractivity contribution in [3.63, 3.8) is 0 Å². The third-order valence-corrected chi connectivity index (χ3v) is 2.76. The fraction of sp³-hybridized carbons (Fsp3) is 0.667. The van der Waals surface area contributed by atoms with Crippen LogP contribution in [0.1, 0.15) is 49.3 Å². The summed E-state index contributed by atoms with van der Waals surface area (Å²) in [5.41, 5.74) is 7.40. The van der Waals surface area contributed by atoms with Gasteiger partial charge in [0.15, 0.2) is 5.69 Å². The lowest BCUT2D eigenvalue weighted by Gasteiger charge is -2.12. The fourth-order valence-electron chi connectivity index (χ4n) is 1.64. The van der Waals surface area contributed by atoms with Gasteiger partial charge in [-0.15, -0.1) is 0 Å². The van der Waals surface area contributed by atoms with Gasteiger partial charge < -0.3 is 15.8 Å². The summed E-state index contributed by atoms with van der Waals surface area (Å²) in [6.07, 6.45) is 0.754. The van der Waals surface area contributed by atoms with Crippen molar-refractivity contribution in [2.45, 2.75) is 39.2 Å². The third-order valence-electron chi connectivity index (χ3n) is 2.76. The zero-order chi connectivity index (χ0) is 13.7. The van der Waals surface area contributed by atoms with E-state index in [9.17, 15) is 4.79 Å². The molecule has 0 aliphatic heterocycles. The first-order valence-corrected chi connectivity index (χ1v) is 6.10. The van der Waals surface area contributed by atoms with E-state index >= 15 is 0 Å². The molecular formula is C12H22N4O2. The highest BCUT2D eigenvalue weighted by Crippen LogP contribution is 2.21. The highest BCUT2D eigenvalue weighted by atomic mass is 16.5. The second kappa shape index (κ2) is 6.39. The summed E-state index contributed by atoms with van der Waals surface area (Å²) in [7, 11) is 1.63. The molecule has 1 heterocycles. The number of hydrogen-bond donors (Lipinski definition) is 3. The van der Waals surface area contributed by atoms with E-state index in [1.54, 1.807) is 7.11 Å². The van der Waals surface area contributed by atoms with Crippen LogP contribution in [0.4, 0.5) is 5.69 Å². The van der Waals surface area contributed by atoms with E-state index in [4.69, 9.17) is 10.5 Å². The molecule has 0 spiro atoms. The minimum Gasteiger partial charge on any atom is -0.395 e. The highest BCUT2D eigenvalue weighted by molar-refractivity contribution is 5.97. The predicted molar refractivity (Wildman–Crippen MR) is 70.5 cm³/mol. The van der Waals surface area contributed by atoms with Crippen molar-refractivity contribution in [1.29, 1.82) is 0 Å². The predicted octanol–water partition coefficient (Wildman–Crippen LogP) is 1.27. The number of nitrogens with one attached hydrogen (secondary N) is 2. The second-order valence-corrected chi connectivity index (χ2v) is 4.71. The molecule has 0 bridgehead atoms. The van der Waals surface area contributed by atoms with Crippen LogP contribution in [0, 0.1) is 0 Å². The van der Waals surface area contributed by atoms with Gasteiger partial charge in [-0.25, -0.2) is 0 Å². The summed E-state index contributed by atoms with van der Waals surface area (Å²) in [4.78, 5) is 12.0. The molecule has 18 heavy (non-hydrogen) atoms. The molecule has 1 rings (SSSR count). The maximum atomic E-state index is 12.0. The molecule has 1 aromatic rings. The number of nitrogen functional groups attached to an aromatic ring is 1. The van der Waals surface area contributed by atoms with Crippen LogP contribution in [0.5, 0.6) is 0 Å². The van der Waals surface area contributed by atoms with Gasteiger partial charge in [-0.2, -0.15) is 5.10 Å². The average Bonchev–Trinajstić information content (AvgIpc) is 2.68. The summed E-state index contributed by atoms with van der Waals surface area (Å²) < 4.78 is 4.96. The number of aromatic nitrogens is 2. The Kier molecular flexibility index (Phi) is 5.15. The number of amides is 1. The van der Waals surface area contributed by atoms with Crippen molar-refractivity contribution in [3.8, 4) is 0 Å². The number of anilines is 1. The van der Waals surface area contributed by atoms with Crippen LogP contribution in [0.2, 0.25) is 0 Å². The van der Waals surface area contributed by atoms with Gasteiger partial charge in [0.05, 0.1) is 11.4 Å². The number of rotatable bonds is 6. The zero-order valence-electron chi connectivity index (χ0n) is 11.4. The lowest BCUT2D eigenvalue weighted by molar-refractivity contribution is 0.0925. The van der Waals surface area contributed by atoms with Crippen LogP contribution in [0.3, 0.4) is 0 Å². The standard InChI is InChI=1S/C12H22N4O2/c1-7(2)10-9(13)11(16-15-10)12(17)14-8(3)5-6-18-4/h7-8H,5-6,13H2,1-4H3,(H,14,17)(H,15,16). The molecule has 4 N–H and O–H groups in total. The molecule has 0 aliphatic carbocycles. The molecule has 6 nitrogen and oxygen atoms in total. The van der Waals surface area contributed by atoms with Crippen molar-refractivity contribution in [1.82, 2.24) is 15.5 Å². The average molecular weight is 254 g/mol. The van der Waals surface area contributed by atoms with E-state index in [0.717, 1.165) is 12.1 Å². The van der Waals surface area contributed by atoms with Crippen LogP contribution in [0.15, 0.2) is 0 Å². The molecule has 6 heteroatoms. The van der Waals surface area contributed by atoms with Gasteiger partial charge in [-0.05, 0) is 19.3 Å². The van der Waals surface area contributed by atoms with Gasteiger partial charge in [0, 0.05) is 19.8 Å². The number of nitrogens with zero attached hydrogens (tertiary/aromatic N) is 1. The number of hydrogen-bond acceptors (Lipinski definition) is 4. The first kappa shape index (κ1) is 14.5. The molecule has 0 saturated carbocycles. The Morgan fingerprint density at radius 2 is 2.17 bits per heavy atom. The monoisotopic (exact) mass is 254 g/mol. The minimum absolute atomic E-state index is 0.0241. The topological polar surface area (TPSA) is 93.0 Å². The van der Waals surface area contributed by atoms with Gasteiger partial charge in [-0.3, -0.25) is 9.89 Å². The number of ether oxygens (including phenoxy) is 1. The quantitative estimate of drug-likeness (QED) is 0.712. The number of aromatic amines is 1. The molecule has 0 aliphatic rings. The number of H-pyrrole nitrogens is 1. The van der Waals surface area contributed by atoms with Gasteiger partial charge in [0.1, 0.15) is 0 Å². The van der Waals surface area contributed by atoms with Crippen molar-refractivity contribution < 1.29 is 9.53 Å². The van der Waals surface area contributed by atoms with Gasteiger partial charge in [0.2, 0.25) is 0 Å². The summed E-state index contributed by atoms with van der Waals surface area (Å²) in [5, 5.41) is 9.63. The molecular weight excluding hydrogens is 232 g/mol. The normalized spacial score (nSPS) is 12.7. The molecule has 0 saturated heterocycles. The van der Waals surface area contributed by atoms with Crippen LogP contribution in [0.25, 0.3) is 0 Å². The Labute approximate surface area is 107 Å². The molecule has 102 valence electrons. The van der Waals surface area contributed by atoms with Crippen LogP contribution >= 0.6 is 0 Å². The Morgan fingerprint density at radius 3 is 2.67 bits per heavy atom. The molecule has 0 aromatic carbocycles. The largest absolute Gasteiger partial charge is 0.395 e. The summed E-state index contributed by atoms with van der Waals surface area (Å²) in [6.45, 7) is 6.51. The molecule has 1 atom stereocenters. The Hall–Kier alpha value is -1.56. The maximum absolute atomic E-state index is 12.0. The summed E-state index contributed by atoms with van der Waals surface area (Å²) in [6, 6.07) is 0.0241. The zero-order valence-corrected chi connectivity index (χ0v) is 11.4. The molecule has 0 radical (unpaired) electrons. The molecule has 1 amide bonds. The van der Waals surface area contributed by atoms with Crippen LogP contribution < -0.4 is 11.1 Å². The number of carbonyl (C=O) groups excluding carboxylic acids is 1. The van der Waals surface area contributed by atoms with E-state index in [1.165, 1.54) is 0 Å². The van der Waals surface area contributed by atoms with Crippen molar-refractivity contribution in [3.05, 3.63) is 11.4 Å². The molecule has 0 fully saturated rings. The number of methoxy groups -OCH3 is 1. The van der Waals surface area contributed by atoms with E-state index in [2.05, 4.69) is 15.5 Å². The van der Waals surface area contributed by atoms with Gasteiger partial charge in [0.25, 0.3) is 5.91 Å². The Morgan fingerprint density at radius 1 is 1.50 bits per heavy atom.